The Hall–Kier alpha value is -1.51. The molecule has 2 atom stereocenters. The number of benzene rings is 1. The molecule has 1 aromatic rings. The first-order chi connectivity index (χ1) is 7.26. The van der Waals surface area contributed by atoms with Crippen LogP contribution in [0.3, 0.4) is 0 Å². The summed E-state index contributed by atoms with van der Waals surface area (Å²) >= 11 is 0. The zero-order chi connectivity index (χ0) is 10.8. The van der Waals surface area contributed by atoms with Crippen molar-refractivity contribution >= 4 is 5.97 Å². The minimum atomic E-state index is -0.109. The van der Waals surface area contributed by atoms with Gasteiger partial charge in [0, 0.05) is 0 Å². The highest BCUT2D eigenvalue weighted by molar-refractivity contribution is 5.77. The molecule has 0 bridgehead atoms. The number of methoxy groups -OCH3 is 2. The summed E-state index contributed by atoms with van der Waals surface area (Å²) < 4.78 is 9.85. The van der Waals surface area contributed by atoms with Gasteiger partial charge in [0.1, 0.15) is 5.75 Å². The zero-order valence-corrected chi connectivity index (χ0v) is 8.90. The molecular weight excluding hydrogens is 192 g/mol. The lowest BCUT2D eigenvalue weighted by atomic mass is 10.1. The van der Waals surface area contributed by atoms with E-state index in [1.807, 2.05) is 24.3 Å². The summed E-state index contributed by atoms with van der Waals surface area (Å²) in [5, 5.41) is 0. The molecule has 1 aliphatic rings. The third kappa shape index (κ3) is 1.96. The number of carbonyl (C=O) groups excluding carboxylic acids is 1. The van der Waals surface area contributed by atoms with Crippen molar-refractivity contribution in [1.82, 2.24) is 0 Å². The number of rotatable bonds is 3. The lowest BCUT2D eigenvalue weighted by Crippen LogP contribution is -2.03. The maximum absolute atomic E-state index is 11.3. The first-order valence-electron chi connectivity index (χ1n) is 4.98. The molecule has 0 amide bonds. The fraction of sp³-hybridized carbons (Fsp3) is 0.417. The zero-order valence-electron chi connectivity index (χ0n) is 8.90. The molecule has 3 nitrogen and oxygen atoms in total. The molecule has 15 heavy (non-hydrogen) atoms. The molecule has 0 heterocycles. The van der Waals surface area contributed by atoms with E-state index in [2.05, 4.69) is 0 Å². The molecule has 0 saturated heterocycles. The summed E-state index contributed by atoms with van der Waals surface area (Å²) in [4.78, 5) is 11.3. The second-order valence-electron chi connectivity index (χ2n) is 3.75. The van der Waals surface area contributed by atoms with Gasteiger partial charge in [0.25, 0.3) is 0 Å². The van der Waals surface area contributed by atoms with Gasteiger partial charge in [0.05, 0.1) is 20.1 Å². The Morgan fingerprint density at radius 3 is 2.87 bits per heavy atom. The molecule has 1 fully saturated rings. The summed E-state index contributed by atoms with van der Waals surface area (Å²) in [6.45, 7) is 0. The van der Waals surface area contributed by atoms with E-state index in [9.17, 15) is 4.79 Å². The predicted molar refractivity (Wildman–Crippen MR) is 55.9 cm³/mol. The van der Waals surface area contributed by atoms with E-state index >= 15 is 0 Å². The average molecular weight is 206 g/mol. The number of esters is 1. The largest absolute Gasteiger partial charge is 0.497 e. The third-order valence-corrected chi connectivity index (χ3v) is 2.82. The molecule has 1 saturated carbocycles. The molecule has 0 aromatic heterocycles. The summed E-state index contributed by atoms with van der Waals surface area (Å²) in [6, 6.07) is 7.85. The topological polar surface area (TPSA) is 35.5 Å². The van der Waals surface area contributed by atoms with E-state index in [0.29, 0.717) is 5.92 Å². The van der Waals surface area contributed by atoms with Crippen LogP contribution in [0.4, 0.5) is 0 Å². The standard InChI is InChI=1S/C12H14O3/c1-14-9-5-3-4-8(6-9)10-7-11(10)12(13)15-2/h3-6,10-11H,7H2,1-2H3/t10-,11+/m1/s1. The SMILES string of the molecule is COC(=O)[C@H]1C[C@@H]1c1cccc(OC)c1. The van der Waals surface area contributed by atoms with Crippen LogP contribution in [0.15, 0.2) is 24.3 Å². The second kappa shape index (κ2) is 3.93. The van der Waals surface area contributed by atoms with Crippen LogP contribution in [0, 0.1) is 5.92 Å². The van der Waals surface area contributed by atoms with E-state index in [1.54, 1.807) is 7.11 Å². The van der Waals surface area contributed by atoms with Crippen molar-refractivity contribution < 1.29 is 14.3 Å². The van der Waals surface area contributed by atoms with Gasteiger partial charge in [-0.2, -0.15) is 0 Å². The Morgan fingerprint density at radius 1 is 1.40 bits per heavy atom. The van der Waals surface area contributed by atoms with Crippen LogP contribution in [0.2, 0.25) is 0 Å². The molecular formula is C12H14O3. The van der Waals surface area contributed by atoms with Crippen molar-refractivity contribution in [2.75, 3.05) is 14.2 Å². The third-order valence-electron chi connectivity index (χ3n) is 2.82. The van der Waals surface area contributed by atoms with Crippen molar-refractivity contribution in [2.45, 2.75) is 12.3 Å². The smallest absolute Gasteiger partial charge is 0.309 e. The van der Waals surface area contributed by atoms with Crippen molar-refractivity contribution in [3.8, 4) is 5.75 Å². The van der Waals surface area contributed by atoms with Gasteiger partial charge >= 0.3 is 5.97 Å². The van der Waals surface area contributed by atoms with Crippen LogP contribution in [-0.4, -0.2) is 20.2 Å². The molecule has 0 spiro atoms. The highest BCUT2D eigenvalue weighted by Crippen LogP contribution is 2.48. The molecule has 2 rings (SSSR count). The number of hydrogen-bond donors (Lipinski definition) is 0. The molecule has 3 heteroatoms. The lowest BCUT2D eigenvalue weighted by molar-refractivity contribution is -0.142. The molecule has 0 N–H and O–H groups in total. The molecule has 1 aliphatic carbocycles. The van der Waals surface area contributed by atoms with E-state index in [-0.39, 0.29) is 11.9 Å². The Morgan fingerprint density at radius 2 is 2.20 bits per heavy atom. The monoisotopic (exact) mass is 206 g/mol. The van der Waals surface area contributed by atoms with Gasteiger partial charge in [-0.3, -0.25) is 4.79 Å². The highest BCUT2D eigenvalue weighted by atomic mass is 16.5. The van der Waals surface area contributed by atoms with E-state index in [4.69, 9.17) is 9.47 Å². The summed E-state index contributed by atoms with van der Waals surface area (Å²) in [6.07, 6.45) is 0.889. The Balaban J connectivity index is 2.09. The van der Waals surface area contributed by atoms with Crippen molar-refractivity contribution in [3.63, 3.8) is 0 Å². The normalized spacial score (nSPS) is 23.3. The number of ether oxygens (including phenoxy) is 2. The van der Waals surface area contributed by atoms with Crippen LogP contribution < -0.4 is 4.74 Å². The minimum Gasteiger partial charge on any atom is -0.497 e. The van der Waals surface area contributed by atoms with Gasteiger partial charge in [-0.1, -0.05) is 12.1 Å². The fourth-order valence-corrected chi connectivity index (χ4v) is 1.85. The van der Waals surface area contributed by atoms with Crippen LogP contribution in [0.5, 0.6) is 5.75 Å². The quantitative estimate of drug-likeness (QED) is 0.709. The van der Waals surface area contributed by atoms with Crippen LogP contribution >= 0.6 is 0 Å². The molecule has 1 aromatic carbocycles. The van der Waals surface area contributed by atoms with E-state index < -0.39 is 0 Å². The predicted octanol–water partition coefficient (Wildman–Crippen LogP) is 1.97. The first-order valence-corrected chi connectivity index (χ1v) is 4.98. The van der Waals surface area contributed by atoms with Gasteiger partial charge in [-0.15, -0.1) is 0 Å². The lowest BCUT2D eigenvalue weighted by Gasteiger charge is -2.03. The van der Waals surface area contributed by atoms with Crippen LogP contribution in [-0.2, 0) is 9.53 Å². The molecule has 0 radical (unpaired) electrons. The molecule has 0 aliphatic heterocycles. The van der Waals surface area contributed by atoms with Crippen molar-refractivity contribution in [3.05, 3.63) is 29.8 Å². The van der Waals surface area contributed by atoms with Crippen LogP contribution in [0.25, 0.3) is 0 Å². The summed E-state index contributed by atoms with van der Waals surface area (Å²) in [5.74, 6) is 1.08. The summed E-state index contributed by atoms with van der Waals surface area (Å²) in [5.41, 5.74) is 1.16. The van der Waals surface area contributed by atoms with Gasteiger partial charge in [0.15, 0.2) is 0 Å². The maximum Gasteiger partial charge on any atom is 0.309 e. The molecule has 0 unspecified atom stereocenters. The Labute approximate surface area is 89.0 Å². The van der Waals surface area contributed by atoms with Crippen molar-refractivity contribution in [1.29, 1.82) is 0 Å². The maximum atomic E-state index is 11.3. The Kier molecular flexibility index (Phi) is 2.62. The Bertz CT molecular complexity index is 373. The average Bonchev–Trinajstić information content (AvgIpc) is 3.08. The van der Waals surface area contributed by atoms with Gasteiger partial charge in [-0.25, -0.2) is 0 Å². The number of carbonyl (C=O) groups is 1. The van der Waals surface area contributed by atoms with Crippen molar-refractivity contribution in [2.24, 2.45) is 5.92 Å². The van der Waals surface area contributed by atoms with E-state index in [0.717, 1.165) is 17.7 Å². The van der Waals surface area contributed by atoms with E-state index in [1.165, 1.54) is 7.11 Å². The fourth-order valence-electron chi connectivity index (χ4n) is 1.85. The number of hydrogen-bond acceptors (Lipinski definition) is 3. The summed E-state index contributed by atoms with van der Waals surface area (Å²) in [7, 11) is 3.08. The highest BCUT2D eigenvalue weighted by Gasteiger charge is 2.44. The van der Waals surface area contributed by atoms with Gasteiger partial charge in [0.2, 0.25) is 0 Å². The first kappa shape index (κ1) is 10.0. The van der Waals surface area contributed by atoms with Gasteiger partial charge in [-0.05, 0) is 30.0 Å². The van der Waals surface area contributed by atoms with Gasteiger partial charge < -0.3 is 9.47 Å². The molecule has 80 valence electrons. The minimum absolute atomic E-state index is 0.0436. The van der Waals surface area contributed by atoms with Crippen LogP contribution in [0.1, 0.15) is 17.9 Å². The second-order valence-corrected chi connectivity index (χ2v) is 3.75.